The van der Waals surface area contributed by atoms with Gasteiger partial charge in [0.1, 0.15) is 11.5 Å². The van der Waals surface area contributed by atoms with Crippen LogP contribution in [-0.2, 0) is 9.63 Å². The topological polar surface area (TPSA) is 86.0 Å². The van der Waals surface area contributed by atoms with Gasteiger partial charge in [0.05, 0.1) is 12.8 Å². The molecule has 1 aliphatic heterocycles. The second-order valence-electron chi connectivity index (χ2n) is 4.88. The molecule has 0 spiro atoms. The molecule has 2 aromatic rings. The fraction of sp³-hybridized carbons (Fsp3) is 0.267. The number of carbonyl (C=O) groups is 1. The predicted molar refractivity (Wildman–Crippen MR) is 78.9 cm³/mol. The molecule has 2 heterocycles. The van der Waals surface area contributed by atoms with Gasteiger partial charge in [-0.3, -0.25) is 4.79 Å². The molecule has 7 nitrogen and oxygen atoms in total. The Morgan fingerprint density at radius 2 is 2.27 bits per heavy atom. The number of oxime groups is 1. The van der Waals surface area contributed by atoms with Crippen LogP contribution >= 0.6 is 0 Å². The molecular formula is C15H15N3O4. The molecule has 7 heteroatoms. The minimum atomic E-state index is -0.682. The molecule has 0 fully saturated rings. The molecule has 1 unspecified atom stereocenters. The second kappa shape index (κ2) is 5.88. The monoisotopic (exact) mass is 301 g/mol. The number of ether oxygens (including phenoxy) is 1. The minimum Gasteiger partial charge on any atom is -0.497 e. The maximum Gasteiger partial charge on any atom is 0.269 e. The molecule has 0 saturated heterocycles. The molecule has 3 rings (SSSR count). The molecule has 0 bridgehead atoms. The Kier molecular flexibility index (Phi) is 3.78. The van der Waals surface area contributed by atoms with Crippen LogP contribution in [0.5, 0.6) is 5.75 Å². The highest BCUT2D eigenvalue weighted by molar-refractivity contribution is 6.06. The van der Waals surface area contributed by atoms with E-state index in [1.165, 1.54) is 0 Å². The van der Waals surface area contributed by atoms with E-state index in [4.69, 9.17) is 14.1 Å². The van der Waals surface area contributed by atoms with Gasteiger partial charge in [-0.15, -0.1) is 0 Å². The van der Waals surface area contributed by atoms with Crippen LogP contribution < -0.4 is 10.1 Å². The number of aromatic nitrogens is 1. The van der Waals surface area contributed by atoms with Gasteiger partial charge in [-0.05, 0) is 19.1 Å². The zero-order chi connectivity index (χ0) is 15.5. The maximum absolute atomic E-state index is 12.1. The predicted octanol–water partition coefficient (Wildman–Crippen LogP) is 2.12. The molecular weight excluding hydrogens is 286 g/mol. The number of aryl methyl sites for hydroxylation is 1. The number of amides is 1. The summed E-state index contributed by atoms with van der Waals surface area (Å²) in [4.78, 5) is 17.3. The molecule has 1 aromatic carbocycles. The summed E-state index contributed by atoms with van der Waals surface area (Å²) in [6.45, 7) is 1.75. The van der Waals surface area contributed by atoms with E-state index in [1.807, 2.05) is 24.3 Å². The first kappa shape index (κ1) is 14.1. The van der Waals surface area contributed by atoms with Crippen molar-refractivity contribution in [2.24, 2.45) is 5.16 Å². The third-order valence-electron chi connectivity index (χ3n) is 3.24. The van der Waals surface area contributed by atoms with Gasteiger partial charge in [-0.1, -0.05) is 22.4 Å². The Bertz CT molecular complexity index is 723. The number of hydrogen-bond donors (Lipinski definition) is 1. The Hall–Kier alpha value is -2.83. The Morgan fingerprint density at radius 1 is 1.41 bits per heavy atom. The number of benzene rings is 1. The van der Waals surface area contributed by atoms with Crippen molar-refractivity contribution in [3.8, 4) is 5.75 Å². The Balaban J connectivity index is 1.64. The lowest BCUT2D eigenvalue weighted by Gasteiger charge is -2.07. The fourth-order valence-electron chi connectivity index (χ4n) is 2.12. The molecule has 1 amide bonds. The van der Waals surface area contributed by atoms with E-state index in [9.17, 15) is 4.79 Å². The van der Waals surface area contributed by atoms with E-state index in [2.05, 4.69) is 15.6 Å². The van der Waals surface area contributed by atoms with Gasteiger partial charge < -0.3 is 19.4 Å². The fourth-order valence-corrected chi connectivity index (χ4v) is 2.12. The van der Waals surface area contributed by atoms with E-state index >= 15 is 0 Å². The third-order valence-corrected chi connectivity index (χ3v) is 3.24. The van der Waals surface area contributed by atoms with Gasteiger partial charge in [0.25, 0.3) is 5.91 Å². The molecule has 1 atom stereocenters. The van der Waals surface area contributed by atoms with Crippen LogP contribution in [0.4, 0.5) is 5.82 Å². The normalized spacial score (nSPS) is 16.8. The summed E-state index contributed by atoms with van der Waals surface area (Å²) in [5.41, 5.74) is 1.57. The van der Waals surface area contributed by atoms with Gasteiger partial charge in [-0.2, -0.15) is 0 Å². The van der Waals surface area contributed by atoms with E-state index in [-0.39, 0.29) is 5.91 Å². The number of methoxy groups -OCH3 is 1. The molecule has 22 heavy (non-hydrogen) atoms. The van der Waals surface area contributed by atoms with Crippen molar-refractivity contribution >= 4 is 17.4 Å². The highest BCUT2D eigenvalue weighted by Crippen LogP contribution is 2.21. The lowest BCUT2D eigenvalue weighted by atomic mass is 10.0. The largest absolute Gasteiger partial charge is 0.497 e. The quantitative estimate of drug-likeness (QED) is 0.934. The minimum absolute atomic E-state index is 0.310. The van der Waals surface area contributed by atoms with Crippen molar-refractivity contribution < 1.29 is 18.9 Å². The molecule has 0 saturated carbocycles. The van der Waals surface area contributed by atoms with Crippen LogP contribution in [0.1, 0.15) is 17.7 Å². The maximum atomic E-state index is 12.1. The number of hydrogen-bond acceptors (Lipinski definition) is 6. The van der Waals surface area contributed by atoms with Crippen LogP contribution in [-0.4, -0.2) is 30.0 Å². The van der Waals surface area contributed by atoms with Crippen molar-refractivity contribution in [2.45, 2.75) is 19.4 Å². The molecule has 1 aromatic heterocycles. The first-order chi connectivity index (χ1) is 10.7. The van der Waals surface area contributed by atoms with Crippen LogP contribution in [0, 0.1) is 6.92 Å². The zero-order valence-corrected chi connectivity index (χ0v) is 12.2. The number of nitrogens with zero attached hydrogens (tertiary/aromatic N) is 2. The number of rotatable bonds is 4. The highest BCUT2D eigenvalue weighted by atomic mass is 16.6. The van der Waals surface area contributed by atoms with Crippen molar-refractivity contribution in [2.75, 3.05) is 12.4 Å². The highest BCUT2D eigenvalue weighted by Gasteiger charge is 2.29. The summed E-state index contributed by atoms with van der Waals surface area (Å²) in [5, 5.41) is 10.3. The van der Waals surface area contributed by atoms with Crippen molar-refractivity contribution in [1.82, 2.24) is 5.16 Å². The summed E-state index contributed by atoms with van der Waals surface area (Å²) in [6, 6.07) is 9.09. The van der Waals surface area contributed by atoms with Crippen molar-refractivity contribution in [3.63, 3.8) is 0 Å². The van der Waals surface area contributed by atoms with E-state index in [0.717, 1.165) is 11.3 Å². The second-order valence-corrected chi connectivity index (χ2v) is 4.88. The summed E-state index contributed by atoms with van der Waals surface area (Å²) < 4.78 is 10.1. The van der Waals surface area contributed by atoms with Gasteiger partial charge in [-0.25, -0.2) is 0 Å². The first-order valence-corrected chi connectivity index (χ1v) is 6.77. The lowest BCUT2D eigenvalue weighted by Crippen LogP contribution is -2.28. The average molecular weight is 301 g/mol. The molecule has 0 aliphatic carbocycles. The number of nitrogens with one attached hydrogen (secondary N) is 1. The summed E-state index contributed by atoms with van der Waals surface area (Å²) in [6.07, 6.45) is -0.297. The van der Waals surface area contributed by atoms with Crippen LogP contribution in [0.25, 0.3) is 0 Å². The molecule has 114 valence electrons. The summed E-state index contributed by atoms with van der Waals surface area (Å²) in [7, 11) is 1.60. The average Bonchev–Trinajstić information content (AvgIpc) is 3.16. The zero-order valence-electron chi connectivity index (χ0n) is 12.2. The van der Waals surface area contributed by atoms with Crippen LogP contribution in [0.2, 0.25) is 0 Å². The Labute approximate surface area is 126 Å². The third kappa shape index (κ3) is 2.93. The van der Waals surface area contributed by atoms with Gasteiger partial charge in [0.15, 0.2) is 5.82 Å². The molecule has 1 N–H and O–H groups in total. The van der Waals surface area contributed by atoms with Crippen molar-refractivity contribution in [3.05, 3.63) is 41.7 Å². The van der Waals surface area contributed by atoms with Gasteiger partial charge >= 0.3 is 0 Å². The summed E-state index contributed by atoms with van der Waals surface area (Å²) in [5.74, 6) is 1.40. The van der Waals surface area contributed by atoms with Crippen LogP contribution in [0.3, 0.4) is 0 Å². The number of carbonyl (C=O) groups excluding carboxylic acids is 1. The standard InChI is InChI=1S/C15H15N3O4/c1-9-6-14(18-21-9)16-15(19)13-8-12(17-22-13)10-4-3-5-11(7-10)20-2/h3-7,13H,8H2,1-2H3,(H,16,18,19). The lowest BCUT2D eigenvalue weighted by molar-refractivity contribution is -0.125. The van der Waals surface area contributed by atoms with E-state index in [1.54, 1.807) is 20.1 Å². The van der Waals surface area contributed by atoms with E-state index < -0.39 is 6.10 Å². The number of anilines is 1. The first-order valence-electron chi connectivity index (χ1n) is 6.77. The molecule has 0 radical (unpaired) electrons. The van der Waals surface area contributed by atoms with Gasteiger partial charge in [0.2, 0.25) is 6.10 Å². The smallest absolute Gasteiger partial charge is 0.269 e. The summed E-state index contributed by atoms with van der Waals surface area (Å²) >= 11 is 0. The molecule has 1 aliphatic rings. The SMILES string of the molecule is COc1cccc(C2=NOC(C(=O)Nc3cc(C)on3)C2)c1. The Morgan fingerprint density at radius 3 is 3.00 bits per heavy atom. The van der Waals surface area contributed by atoms with Crippen LogP contribution in [0.15, 0.2) is 40.0 Å². The van der Waals surface area contributed by atoms with Crippen molar-refractivity contribution in [1.29, 1.82) is 0 Å². The van der Waals surface area contributed by atoms with E-state index in [0.29, 0.717) is 23.7 Å². The van der Waals surface area contributed by atoms with Gasteiger partial charge in [0, 0.05) is 18.1 Å².